The number of para-hydroxylation sites is 1. The first-order chi connectivity index (χ1) is 18.2. The Morgan fingerprint density at radius 1 is 1.03 bits per heavy atom. The first kappa shape index (κ1) is 30.0. The maximum Gasteiger partial charge on any atom is 0.417 e. The van der Waals surface area contributed by atoms with Gasteiger partial charge in [-0.25, -0.2) is 8.42 Å². The Labute approximate surface area is 230 Å². The van der Waals surface area contributed by atoms with E-state index in [0.29, 0.717) is 16.8 Å². The molecule has 12 heteroatoms. The molecule has 0 heterocycles. The lowest BCUT2D eigenvalue weighted by molar-refractivity contribution is -0.137. The molecule has 2 amide bonds. The van der Waals surface area contributed by atoms with Crippen LogP contribution in [0.4, 0.5) is 24.5 Å². The molecule has 0 aliphatic rings. The first-order valence-corrected chi connectivity index (χ1v) is 13.7. The number of alkyl halides is 3. The monoisotopic (exact) mass is 581 g/mol. The van der Waals surface area contributed by atoms with Gasteiger partial charge in [-0.05, 0) is 62.7 Å². The highest BCUT2D eigenvalue weighted by Gasteiger charge is 2.35. The molecule has 0 fully saturated rings. The lowest BCUT2D eigenvalue weighted by Gasteiger charge is -2.25. The van der Waals surface area contributed by atoms with E-state index in [4.69, 9.17) is 11.6 Å². The number of carbonyl (C=O) groups is 2. The van der Waals surface area contributed by atoms with Gasteiger partial charge in [-0.15, -0.1) is 0 Å². The van der Waals surface area contributed by atoms with Crippen molar-refractivity contribution in [1.29, 1.82) is 0 Å². The highest BCUT2D eigenvalue weighted by molar-refractivity contribution is 7.92. The van der Waals surface area contributed by atoms with Crippen LogP contribution in [0.25, 0.3) is 0 Å². The van der Waals surface area contributed by atoms with Crippen molar-refractivity contribution in [1.82, 2.24) is 5.32 Å². The van der Waals surface area contributed by atoms with E-state index in [1.54, 1.807) is 19.1 Å². The molecule has 39 heavy (non-hydrogen) atoms. The van der Waals surface area contributed by atoms with Gasteiger partial charge in [0.15, 0.2) is 0 Å². The van der Waals surface area contributed by atoms with Crippen LogP contribution in [0.5, 0.6) is 0 Å². The SMILES string of the molecule is CC[C@@H](C)NC(=O)c1ccccc1NC(=O)CN(c1ccc(Cl)c(C(F)(F)F)c1)S(=O)(=O)c1ccc(C)cc1. The van der Waals surface area contributed by atoms with Crippen molar-refractivity contribution in [3.05, 3.63) is 88.4 Å². The summed E-state index contributed by atoms with van der Waals surface area (Å²) in [5.41, 5.74) is -0.645. The zero-order chi connectivity index (χ0) is 29.0. The highest BCUT2D eigenvalue weighted by atomic mass is 35.5. The molecule has 0 aromatic heterocycles. The Balaban J connectivity index is 2.01. The second-order valence-corrected chi connectivity index (χ2v) is 11.1. The summed E-state index contributed by atoms with van der Waals surface area (Å²) < 4.78 is 68.4. The summed E-state index contributed by atoms with van der Waals surface area (Å²) in [6, 6.07) is 14.2. The number of aryl methyl sites for hydroxylation is 1. The number of rotatable bonds is 9. The zero-order valence-electron chi connectivity index (χ0n) is 21.3. The van der Waals surface area contributed by atoms with E-state index in [-0.39, 0.29) is 22.2 Å². The zero-order valence-corrected chi connectivity index (χ0v) is 22.9. The number of nitrogens with zero attached hydrogens (tertiary/aromatic N) is 1. The summed E-state index contributed by atoms with van der Waals surface area (Å²) >= 11 is 5.74. The Kier molecular flexibility index (Phi) is 9.29. The van der Waals surface area contributed by atoms with Gasteiger partial charge in [0.05, 0.1) is 32.4 Å². The van der Waals surface area contributed by atoms with Crippen LogP contribution in [-0.2, 0) is 21.0 Å². The molecule has 1 atom stereocenters. The smallest absolute Gasteiger partial charge is 0.350 e. The van der Waals surface area contributed by atoms with E-state index >= 15 is 0 Å². The maximum atomic E-state index is 13.6. The number of benzene rings is 3. The van der Waals surface area contributed by atoms with Crippen LogP contribution < -0.4 is 14.9 Å². The number of carbonyl (C=O) groups excluding carboxylic acids is 2. The fraction of sp³-hybridized carbons (Fsp3) is 0.259. The molecule has 0 bridgehead atoms. The van der Waals surface area contributed by atoms with Crippen molar-refractivity contribution < 1.29 is 31.2 Å². The van der Waals surface area contributed by atoms with Crippen LogP contribution in [0, 0.1) is 6.92 Å². The van der Waals surface area contributed by atoms with Crippen LogP contribution in [0.1, 0.15) is 41.8 Å². The standard InChI is InChI=1S/C27H27ClF3N3O4S/c1-4-18(3)32-26(36)21-7-5-6-8-24(21)33-25(35)16-34(39(37,38)20-12-9-17(2)10-13-20)19-11-14-23(28)22(15-19)27(29,30)31/h5-15,18H,4,16H2,1-3H3,(H,32,36)(H,33,35)/t18-/m1/s1. The normalized spacial score (nSPS) is 12.5. The minimum absolute atomic E-state index is 0.114. The van der Waals surface area contributed by atoms with Crippen LogP contribution in [-0.4, -0.2) is 32.8 Å². The predicted octanol–water partition coefficient (Wildman–Crippen LogP) is 6.03. The van der Waals surface area contributed by atoms with E-state index in [1.807, 2.05) is 13.8 Å². The van der Waals surface area contributed by atoms with Gasteiger partial charge in [0.1, 0.15) is 6.54 Å². The summed E-state index contributed by atoms with van der Waals surface area (Å²) in [6.07, 6.45) is -4.19. The third-order valence-electron chi connectivity index (χ3n) is 5.88. The fourth-order valence-electron chi connectivity index (χ4n) is 3.55. The van der Waals surface area contributed by atoms with Gasteiger partial charge in [-0.3, -0.25) is 13.9 Å². The third kappa shape index (κ3) is 7.30. The molecule has 2 N–H and O–H groups in total. The number of hydrogen-bond donors (Lipinski definition) is 2. The average Bonchev–Trinajstić information content (AvgIpc) is 2.87. The molecule has 7 nitrogen and oxygen atoms in total. The molecular weight excluding hydrogens is 555 g/mol. The summed E-state index contributed by atoms with van der Waals surface area (Å²) in [7, 11) is -4.50. The van der Waals surface area contributed by atoms with Gasteiger partial charge >= 0.3 is 6.18 Å². The van der Waals surface area contributed by atoms with Crippen molar-refractivity contribution in [3.63, 3.8) is 0 Å². The van der Waals surface area contributed by atoms with Crippen molar-refractivity contribution >= 4 is 44.8 Å². The third-order valence-corrected chi connectivity index (χ3v) is 7.99. The summed E-state index contributed by atoms with van der Waals surface area (Å²) in [4.78, 5) is 25.6. The van der Waals surface area contributed by atoms with Crippen LogP contribution in [0.15, 0.2) is 71.6 Å². The molecule has 0 aliphatic carbocycles. The van der Waals surface area contributed by atoms with E-state index in [2.05, 4.69) is 10.6 Å². The molecule has 208 valence electrons. The van der Waals surface area contributed by atoms with E-state index in [9.17, 15) is 31.2 Å². The van der Waals surface area contributed by atoms with Crippen LogP contribution in [0.3, 0.4) is 0 Å². The van der Waals surface area contributed by atoms with Crippen molar-refractivity contribution in [3.8, 4) is 0 Å². The number of halogens is 4. The number of sulfonamides is 1. The van der Waals surface area contributed by atoms with Crippen molar-refractivity contribution in [2.45, 2.75) is 44.3 Å². The minimum Gasteiger partial charge on any atom is -0.350 e. The summed E-state index contributed by atoms with van der Waals surface area (Å²) in [5, 5.41) is 4.68. The van der Waals surface area contributed by atoms with E-state index in [0.717, 1.165) is 17.7 Å². The molecular formula is C27H27ClF3N3O4S. The van der Waals surface area contributed by atoms with Crippen LogP contribution >= 0.6 is 11.6 Å². The Morgan fingerprint density at radius 2 is 1.67 bits per heavy atom. The first-order valence-electron chi connectivity index (χ1n) is 11.9. The quantitative estimate of drug-likeness (QED) is 0.323. The minimum atomic E-state index is -4.86. The Bertz CT molecular complexity index is 1460. The summed E-state index contributed by atoms with van der Waals surface area (Å²) in [6.45, 7) is 4.57. The van der Waals surface area contributed by atoms with Crippen molar-refractivity contribution in [2.24, 2.45) is 0 Å². The lowest BCUT2D eigenvalue weighted by Crippen LogP contribution is -2.39. The molecule has 0 aliphatic heterocycles. The fourth-order valence-corrected chi connectivity index (χ4v) is 5.19. The van der Waals surface area contributed by atoms with Gasteiger partial charge < -0.3 is 10.6 Å². The number of amides is 2. The summed E-state index contributed by atoms with van der Waals surface area (Å²) in [5.74, 6) is -1.32. The average molecular weight is 582 g/mol. The Morgan fingerprint density at radius 3 is 2.28 bits per heavy atom. The van der Waals surface area contributed by atoms with Gasteiger partial charge in [-0.2, -0.15) is 13.2 Å². The molecule has 3 aromatic rings. The molecule has 3 rings (SSSR count). The molecule has 0 radical (unpaired) electrons. The van der Waals surface area contributed by atoms with Gasteiger partial charge in [0, 0.05) is 6.04 Å². The van der Waals surface area contributed by atoms with Gasteiger partial charge in [0.2, 0.25) is 5.91 Å². The topological polar surface area (TPSA) is 95.6 Å². The number of hydrogen-bond acceptors (Lipinski definition) is 4. The highest BCUT2D eigenvalue weighted by Crippen LogP contribution is 2.38. The Hall–Kier alpha value is -3.57. The van der Waals surface area contributed by atoms with Gasteiger partial charge in [-0.1, -0.05) is 48.4 Å². The number of nitrogens with one attached hydrogen (secondary N) is 2. The molecule has 0 saturated carbocycles. The molecule has 0 saturated heterocycles. The second kappa shape index (κ2) is 12.1. The van der Waals surface area contributed by atoms with Gasteiger partial charge in [0.25, 0.3) is 15.9 Å². The van der Waals surface area contributed by atoms with Crippen LogP contribution in [0.2, 0.25) is 5.02 Å². The molecule has 3 aromatic carbocycles. The number of anilines is 2. The van der Waals surface area contributed by atoms with Crippen molar-refractivity contribution in [2.75, 3.05) is 16.2 Å². The van der Waals surface area contributed by atoms with E-state index in [1.165, 1.54) is 36.4 Å². The predicted molar refractivity (Wildman–Crippen MR) is 144 cm³/mol. The largest absolute Gasteiger partial charge is 0.417 e. The second-order valence-electron chi connectivity index (χ2n) is 8.86. The maximum absolute atomic E-state index is 13.6. The molecule has 0 unspecified atom stereocenters. The lowest BCUT2D eigenvalue weighted by atomic mass is 10.1. The molecule has 0 spiro atoms. The van der Waals surface area contributed by atoms with E-state index < -0.39 is 50.8 Å².